The molecule has 0 saturated heterocycles. The SMILES string of the molecule is CSc1ncc(C(=O)NCc2cccnc2OC(C)C)n1-c1ccccc1. The lowest BCUT2D eigenvalue weighted by Gasteiger charge is -2.14. The third-order valence-electron chi connectivity index (χ3n) is 3.80. The van der Waals surface area contributed by atoms with E-state index in [1.807, 2.05) is 67.1 Å². The fourth-order valence-corrected chi connectivity index (χ4v) is 3.16. The molecule has 0 bridgehead atoms. The van der Waals surface area contributed by atoms with Gasteiger partial charge in [0.05, 0.1) is 12.3 Å². The van der Waals surface area contributed by atoms with E-state index in [-0.39, 0.29) is 12.0 Å². The number of carbonyl (C=O) groups excluding carboxylic acids is 1. The summed E-state index contributed by atoms with van der Waals surface area (Å²) in [6.45, 7) is 4.21. The molecule has 1 amide bonds. The van der Waals surface area contributed by atoms with Crippen LogP contribution >= 0.6 is 11.8 Å². The third-order valence-corrected chi connectivity index (χ3v) is 4.45. The summed E-state index contributed by atoms with van der Waals surface area (Å²) in [7, 11) is 0. The maximum Gasteiger partial charge on any atom is 0.270 e. The molecule has 6 nitrogen and oxygen atoms in total. The molecule has 0 radical (unpaired) electrons. The molecule has 0 atom stereocenters. The number of aromatic nitrogens is 3. The second kappa shape index (κ2) is 8.73. The van der Waals surface area contributed by atoms with Crippen LogP contribution in [0.3, 0.4) is 0 Å². The van der Waals surface area contributed by atoms with Gasteiger partial charge in [0.15, 0.2) is 5.16 Å². The first-order valence-corrected chi connectivity index (χ1v) is 9.88. The molecule has 27 heavy (non-hydrogen) atoms. The molecule has 1 aromatic carbocycles. The van der Waals surface area contributed by atoms with Crippen molar-refractivity contribution in [3.05, 3.63) is 66.1 Å². The molecule has 3 aromatic rings. The monoisotopic (exact) mass is 382 g/mol. The Balaban J connectivity index is 1.81. The highest BCUT2D eigenvalue weighted by Gasteiger charge is 2.18. The number of rotatable bonds is 7. The van der Waals surface area contributed by atoms with Gasteiger partial charge in [0.1, 0.15) is 5.69 Å². The van der Waals surface area contributed by atoms with Crippen LogP contribution in [0.1, 0.15) is 29.9 Å². The van der Waals surface area contributed by atoms with Crippen molar-refractivity contribution in [2.75, 3.05) is 6.26 Å². The average molecular weight is 382 g/mol. The van der Waals surface area contributed by atoms with Gasteiger partial charge in [-0.1, -0.05) is 36.0 Å². The second-order valence-corrected chi connectivity index (χ2v) is 6.89. The van der Waals surface area contributed by atoms with Gasteiger partial charge >= 0.3 is 0 Å². The zero-order chi connectivity index (χ0) is 19.2. The molecule has 2 aromatic heterocycles. The van der Waals surface area contributed by atoms with Gasteiger partial charge in [0.25, 0.3) is 5.91 Å². The van der Waals surface area contributed by atoms with E-state index in [0.717, 1.165) is 16.4 Å². The van der Waals surface area contributed by atoms with E-state index in [9.17, 15) is 4.79 Å². The molecule has 0 fully saturated rings. The van der Waals surface area contributed by atoms with Gasteiger partial charge in [-0.05, 0) is 38.3 Å². The van der Waals surface area contributed by atoms with Crippen molar-refractivity contribution in [2.45, 2.75) is 31.7 Å². The Hall–Kier alpha value is -2.80. The van der Waals surface area contributed by atoms with Gasteiger partial charge in [0.2, 0.25) is 5.88 Å². The fourth-order valence-electron chi connectivity index (χ4n) is 2.62. The minimum atomic E-state index is -0.203. The lowest BCUT2D eigenvalue weighted by atomic mass is 10.2. The van der Waals surface area contributed by atoms with E-state index in [4.69, 9.17) is 4.74 Å². The van der Waals surface area contributed by atoms with Gasteiger partial charge < -0.3 is 10.1 Å². The summed E-state index contributed by atoms with van der Waals surface area (Å²) in [5, 5.41) is 3.71. The molecule has 2 heterocycles. The number of carbonyl (C=O) groups is 1. The predicted molar refractivity (Wildman–Crippen MR) is 107 cm³/mol. The van der Waals surface area contributed by atoms with E-state index >= 15 is 0 Å². The summed E-state index contributed by atoms with van der Waals surface area (Å²) in [4.78, 5) is 21.5. The van der Waals surface area contributed by atoms with Crippen molar-refractivity contribution in [3.63, 3.8) is 0 Å². The van der Waals surface area contributed by atoms with Crippen LogP contribution in [-0.4, -0.2) is 32.8 Å². The summed E-state index contributed by atoms with van der Waals surface area (Å²) >= 11 is 1.49. The molecular weight excluding hydrogens is 360 g/mol. The summed E-state index contributed by atoms with van der Waals surface area (Å²) in [5.41, 5.74) is 2.21. The minimum absolute atomic E-state index is 0.0120. The number of hydrogen-bond acceptors (Lipinski definition) is 5. The average Bonchev–Trinajstić information content (AvgIpc) is 3.11. The highest BCUT2D eigenvalue weighted by atomic mass is 32.2. The Labute approximate surface area is 163 Å². The lowest BCUT2D eigenvalue weighted by Crippen LogP contribution is -2.26. The maximum atomic E-state index is 12.8. The van der Waals surface area contributed by atoms with Crippen molar-refractivity contribution in [1.29, 1.82) is 0 Å². The van der Waals surface area contributed by atoms with Gasteiger partial charge in [-0.15, -0.1) is 0 Å². The lowest BCUT2D eigenvalue weighted by molar-refractivity contribution is 0.0943. The molecule has 0 saturated carbocycles. The third kappa shape index (κ3) is 4.49. The summed E-state index contributed by atoms with van der Waals surface area (Å²) in [6.07, 6.45) is 5.23. The second-order valence-electron chi connectivity index (χ2n) is 6.12. The molecule has 7 heteroatoms. The first-order valence-electron chi connectivity index (χ1n) is 8.66. The number of hydrogen-bond donors (Lipinski definition) is 1. The van der Waals surface area contributed by atoms with Crippen LogP contribution in [-0.2, 0) is 6.54 Å². The number of ether oxygens (including phenoxy) is 1. The van der Waals surface area contributed by atoms with Crippen LogP contribution in [0.15, 0.2) is 60.0 Å². The Kier molecular flexibility index (Phi) is 6.13. The Bertz CT molecular complexity index is 909. The zero-order valence-corrected chi connectivity index (χ0v) is 16.4. The van der Waals surface area contributed by atoms with Crippen LogP contribution in [0.25, 0.3) is 5.69 Å². The van der Waals surface area contributed by atoms with Crippen molar-refractivity contribution in [2.24, 2.45) is 0 Å². The molecular formula is C20H22N4O2S. The largest absolute Gasteiger partial charge is 0.475 e. The van der Waals surface area contributed by atoms with Crippen molar-refractivity contribution in [1.82, 2.24) is 19.9 Å². The van der Waals surface area contributed by atoms with E-state index in [1.165, 1.54) is 11.8 Å². The molecule has 3 rings (SSSR count). The topological polar surface area (TPSA) is 69.0 Å². The van der Waals surface area contributed by atoms with Gasteiger partial charge in [0, 0.05) is 24.0 Å². The quantitative estimate of drug-likeness (QED) is 0.631. The number of para-hydroxylation sites is 1. The Morgan fingerprint density at radius 2 is 1.96 bits per heavy atom. The number of amides is 1. The van der Waals surface area contributed by atoms with Crippen LogP contribution in [0.5, 0.6) is 5.88 Å². The highest BCUT2D eigenvalue weighted by Crippen LogP contribution is 2.22. The van der Waals surface area contributed by atoms with E-state index in [1.54, 1.807) is 12.4 Å². The van der Waals surface area contributed by atoms with Crippen LogP contribution in [0.4, 0.5) is 0 Å². The first kappa shape index (κ1) is 19.0. The summed E-state index contributed by atoms with van der Waals surface area (Å²) in [6, 6.07) is 13.4. The standard InChI is InChI=1S/C20H22N4O2S/c1-14(2)26-19-15(8-7-11-21-19)12-22-18(25)17-13-23-20(27-3)24(17)16-9-5-4-6-10-16/h4-11,13-14H,12H2,1-3H3,(H,22,25). The highest BCUT2D eigenvalue weighted by molar-refractivity contribution is 7.98. The van der Waals surface area contributed by atoms with Crippen LogP contribution < -0.4 is 10.1 Å². The van der Waals surface area contributed by atoms with E-state index < -0.39 is 0 Å². The number of nitrogens with zero attached hydrogens (tertiary/aromatic N) is 3. The number of imidazole rings is 1. The number of pyridine rings is 1. The van der Waals surface area contributed by atoms with Crippen molar-refractivity contribution in [3.8, 4) is 11.6 Å². The molecule has 0 aliphatic rings. The summed E-state index contributed by atoms with van der Waals surface area (Å²) in [5.74, 6) is 0.333. The van der Waals surface area contributed by atoms with Gasteiger partial charge in [-0.2, -0.15) is 0 Å². The number of nitrogens with one attached hydrogen (secondary N) is 1. The van der Waals surface area contributed by atoms with Crippen molar-refractivity contribution < 1.29 is 9.53 Å². The number of thioether (sulfide) groups is 1. The zero-order valence-electron chi connectivity index (χ0n) is 15.5. The maximum absolute atomic E-state index is 12.8. The smallest absolute Gasteiger partial charge is 0.270 e. The minimum Gasteiger partial charge on any atom is -0.475 e. The molecule has 0 spiro atoms. The fraction of sp³-hybridized carbons (Fsp3) is 0.250. The van der Waals surface area contributed by atoms with Crippen molar-refractivity contribution >= 4 is 17.7 Å². The molecule has 1 N–H and O–H groups in total. The van der Waals surface area contributed by atoms with E-state index in [0.29, 0.717) is 18.1 Å². The molecule has 0 aliphatic carbocycles. The van der Waals surface area contributed by atoms with Crippen LogP contribution in [0, 0.1) is 0 Å². The predicted octanol–water partition coefficient (Wildman–Crippen LogP) is 3.71. The Morgan fingerprint density at radius 1 is 1.19 bits per heavy atom. The Morgan fingerprint density at radius 3 is 2.67 bits per heavy atom. The molecule has 0 aliphatic heterocycles. The summed E-state index contributed by atoms with van der Waals surface area (Å²) < 4.78 is 7.57. The normalized spacial score (nSPS) is 10.8. The first-order chi connectivity index (χ1) is 13.1. The van der Waals surface area contributed by atoms with Gasteiger partial charge in [-0.25, -0.2) is 9.97 Å². The van der Waals surface area contributed by atoms with Crippen LogP contribution in [0.2, 0.25) is 0 Å². The molecule has 0 unspecified atom stereocenters. The van der Waals surface area contributed by atoms with E-state index in [2.05, 4.69) is 15.3 Å². The number of benzene rings is 1. The molecule has 140 valence electrons. The van der Waals surface area contributed by atoms with Gasteiger partial charge in [-0.3, -0.25) is 9.36 Å².